The number of esters is 2. The number of unbranched alkanes of at least 4 members (excludes halogenated alkanes) is 13. The lowest BCUT2D eigenvalue weighted by Crippen LogP contribution is -2.29. The van der Waals surface area contributed by atoms with E-state index in [1.807, 2.05) is 0 Å². The number of rotatable bonds is 44. The van der Waals surface area contributed by atoms with E-state index in [0.717, 1.165) is 103 Å². The average Bonchev–Trinajstić information content (AvgIpc) is 3.27. The summed E-state index contributed by atoms with van der Waals surface area (Å²) in [6.07, 6.45) is 64.2. The third-order valence-electron chi connectivity index (χ3n) is 9.65. The summed E-state index contributed by atoms with van der Waals surface area (Å²) in [5.74, 6) is -0.877. The minimum Gasteiger partial charge on any atom is -0.462 e. The molecule has 2 unspecified atom stereocenters. The lowest BCUT2D eigenvalue weighted by molar-refractivity contribution is -0.161. The highest BCUT2D eigenvalue weighted by atomic mass is 31.2. The van der Waals surface area contributed by atoms with E-state index < -0.39 is 32.5 Å². The van der Waals surface area contributed by atoms with Crippen LogP contribution in [-0.2, 0) is 32.7 Å². The van der Waals surface area contributed by atoms with Gasteiger partial charge in [-0.3, -0.25) is 18.6 Å². The first-order valence-electron chi connectivity index (χ1n) is 24.4. The number of hydrogen-bond donors (Lipinski definition) is 2. The fourth-order valence-corrected chi connectivity index (χ4v) is 6.89. The van der Waals surface area contributed by atoms with E-state index >= 15 is 0 Å². The number of hydrogen-bond acceptors (Lipinski definition) is 8. The molecule has 0 spiro atoms. The van der Waals surface area contributed by atoms with Crippen LogP contribution >= 0.6 is 7.82 Å². The van der Waals surface area contributed by atoms with E-state index in [1.165, 1.54) is 38.5 Å². The first kappa shape index (κ1) is 59.7. The molecule has 0 aromatic carbocycles. The lowest BCUT2D eigenvalue weighted by Gasteiger charge is -2.19. The van der Waals surface area contributed by atoms with Crippen molar-refractivity contribution < 1.29 is 37.6 Å². The molecule has 0 aliphatic rings. The van der Waals surface area contributed by atoms with Crippen molar-refractivity contribution in [3.05, 3.63) is 109 Å². The molecular formula is C53H88NO8P. The van der Waals surface area contributed by atoms with Crippen LogP contribution in [-0.4, -0.2) is 49.3 Å². The van der Waals surface area contributed by atoms with Crippen molar-refractivity contribution in [2.24, 2.45) is 5.73 Å². The van der Waals surface area contributed by atoms with Crippen LogP contribution in [0.2, 0.25) is 0 Å². The van der Waals surface area contributed by atoms with Gasteiger partial charge in [0.25, 0.3) is 0 Å². The molecule has 0 fully saturated rings. The van der Waals surface area contributed by atoms with Crippen LogP contribution in [0.5, 0.6) is 0 Å². The number of allylic oxidation sites excluding steroid dienone is 18. The molecule has 0 aliphatic carbocycles. The van der Waals surface area contributed by atoms with Crippen molar-refractivity contribution in [3.8, 4) is 0 Å². The fraction of sp³-hybridized carbons (Fsp3) is 0.623. The Kier molecular flexibility index (Phi) is 45.6. The standard InChI is InChI=1S/C53H88NO8P/c1-3-5-7-9-11-13-15-17-18-19-20-21-22-23-24-25-26-27-28-29-30-31-32-34-36-38-40-42-44-46-53(56)62-51(50-61-63(57,58)60-48-47-54)49-59-52(55)45-43-41-39-37-35-33-16-14-12-10-8-6-4-2/h5-8,11-14,17-18,20-21,23-24,26-27,33,35,51H,3-4,9-10,15-16,19,22,25,28-32,34,36-50,54H2,1-2H3,(H,57,58)/b7-5-,8-6-,13-11-,14-12-,18-17-,21-20-,24-23-,27-26-,35-33-. The van der Waals surface area contributed by atoms with Crippen molar-refractivity contribution in [2.45, 2.75) is 187 Å². The molecule has 0 radical (unpaired) electrons. The van der Waals surface area contributed by atoms with Gasteiger partial charge in [-0.15, -0.1) is 0 Å². The highest BCUT2D eigenvalue weighted by molar-refractivity contribution is 7.47. The molecule has 0 aromatic rings. The molecular weight excluding hydrogens is 810 g/mol. The number of carbonyl (C=O) groups is 2. The molecule has 0 aliphatic heterocycles. The van der Waals surface area contributed by atoms with E-state index in [9.17, 15) is 19.0 Å². The molecule has 0 saturated carbocycles. The van der Waals surface area contributed by atoms with Gasteiger partial charge in [0.05, 0.1) is 13.2 Å². The van der Waals surface area contributed by atoms with Crippen molar-refractivity contribution in [1.29, 1.82) is 0 Å². The zero-order valence-corrected chi connectivity index (χ0v) is 40.4. The topological polar surface area (TPSA) is 134 Å². The summed E-state index contributed by atoms with van der Waals surface area (Å²) in [6, 6.07) is 0. The summed E-state index contributed by atoms with van der Waals surface area (Å²) in [7, 11) is -4.39. The van der Waals surface area contributed by atoms with Crippen molar-refractivity contribution in [2.75, 3.05) is 26.4 Å². The molecule has 0 aromatic heterocycles. The second-order valence-corrected chi connectivity index (χ2v) is 17.0. The van der Waals surface area contributed by atoms with Gasteiger partial charge < -0.3 is 20.1 Å². The Hall–Kier alpha value is -3.33. The summed E-state index contributed by atoms with van der Waals surface area (Å²) in [5.41, 5.74) is 5.35. The van der Waals surface area contributed by atoms with E-state index in [0.29, 0.717) is 12.8 Å². The molecule has 2 atom stereocenters. The average molecular weight is 898 g/mol. The minimum atomic E-state index is -4.39. The van der Waals surface area contributed by atoms with Gasteiger partial charge in [0, 0.05) is 19.4 Å². The Balaban J connectivity index is 4.07. The lowest BCUT2D eigenvalue weighted by atomic mass is 10.0. The Bertz CT molecular complexity index is 1390. The monoisotopic (exact) mass is 898 g/mol. The van der Waals surface area contributed by atoms with Crippen LogP contribution in [0.3, 0.4) is 0 Å². The molecule has 0 amide bonds. The van der Waals surface area contributed by atoms with Crippen LogP contribution in [0.4, 0.5) is 0 Å². The second kappa shape index (κ2) is 48.1. The fourth-order valence-electron chi connectivity index (χ4n) is 6.12. The number of phosphoric ester groups is 1. The van der Waals surface area contributed by atoms with Crippen molar-refractivity contribution >= 4 is 19.8 Å². The maximum absolute atomic E-state index is 12.6. The van der Waals surface area contributed by atoms with Gasteiger partial charge in [-0.05, 0) is 96.3 Å². The minimum absolute atomic E-state index is 0.0427. The molecule has 0 bridgehead atoms. The maximum atomic E-state index is 12.6. The molecule has 0 saturated heterocycles. The van der Waals surface area contributed by atoms with Gasteiger partial charge in [0.1, 0.15) is 6.61 Å². The number of nitrogens with two attached hydrogens (primary N) is 1. The highest BCUT2D eigenvalue weighted by Gasteiger charge is 2.26. The predicted octanol–water partition coefficient (Wildman–Crippen LogP) is 14.7. The summed E-state index contributed by atoms with van der Waals surface area (Å²) in [6.45, 7) is 3.44. The zero-order valence-electron chi connectivity index (χ0n) is 39.5. The van der Waals surface area contributed by atoms with Gasteiger partial charge in [-0.1, -0.05) is 181 Å². The highest BCUT2D eigenvalue weighted by Crippen LogP contribution is 2.43. The maximum Gasteiger partial charge on any atom is 0.472 e. The molecule has 0 rings (SSSR count). The van der Waals surface area contributed by atoms with Gasteiger partial charge >= 0.3 is 19.8 Å². The normalized spacial score (nSPS) is 14.2. The smallest absolute Gasteiger partial charge is 0.462 e. The van der Waals surface area contributed by atoms with Gasteiger partial charge in [-0.2, -0.15) is 0 Å². The van der Waals surface area contributed by atoms with Crippen molar-refractivity contribution in [3.63, 3.8) is 0 Å². The van der Waals surface area contributed by atoms with Crippen LogP contribution in [0.15, 0.2) is 109 Å². The number of phosphoric acid groups is 1. The molecule has 63 heavy (non-hydrogen) atoms. The number of ether oxygens (including phenoxy) is 2. The Morgan fingerprint density at radius 1 is 0.476 bits per heavy atom. The third-order valence-corrected chi connectivity index (χ3v) is 10.6. The first-order valence-corrected chi connectivity index (χ1v) is 25.9. The van der Waals surface area contributed by atoms with Crippen molar-refractivity contribution in [1.82, 2.24) is 0 Å². The first-order chi connectivity index (χ1) is 30.8. The largest absolute Gasteiger partial charge is 0.472 e. The summed E-state index contributed by atoms with van der Waals surface area (Å²) < 4.78 is 32.8. The molecule has 0 heterocycles. The van der Waals surface area contributed by atoms with E-state index in [-0.39, 0.29) is 32.6 Å². The molecule has 9 nitrogen and oxygen atoms in total. The quantitative estimate of drug-likeness (QED) is 0.0265. The summed E-state index contributed by atoms with van der Waals surface area (Å²) in [5, 5.41) is 0. The van der Waals surface area contributed by atoms with E-state index in [1.54, 1.807) is 0 Å². The summed E-state index contributed by atoms with van der Waals surface area (Å²) in [4.78, 5) is 34.9. The van der Waals surface area contributed by atoms with Gasteiger partial charge in [0.2, 0.25) is 0 Å². The predicted molar refractivity (Wildman–Crippen MR) is 265 cm³/mol. The summed E-state index contributed by atoms with van der Waals surface area (Å²) >= 11 is 0. The van der Waals surface area contributed by atoms with E-state index in [4.69, 9.17) is 24.3 Å². The van der Waals surface area contributed by atoms with Gasteiger partial charge in [0.15, 0.2) is 6.10 Å². The van der Waals surface area contributed by atoms with Crippen LogP contribution in [0.25, 0.3) is 0 Å². The number of carbonyl (C=O) groups excluding carboxylic acids is 2. The van der Waals surface area contributed by atoms with E-state index in [2.05, 4.69) is 123 Å². The van der Waals surface area contributed by atoms with Crippen LogP contribution in [0, 0.1) is 0 Å². The third kappa shape index (κ3) is 48.0. The van der Waals surface area contributed by atoms with Gasteiger partial charge in [-0.25, -0.2) is 4.57 Å². The Morgan fingerprint density at radius 3 is 1.24 bits per heavy atom. The van der Waals surface area contributed by atoms with Crippen LogP contribution in [0.1, 0.15) is 181 Å². The molecule has 358 valence electrons. The van der Waals surface area contributed by atoms with Crippen LogP contribution < -0.4 is 5.73 Å². The zero-order chi connectivity index (χ0) is 46.0. The SMILES string of the molecule is CC/C=C\C/C=C\C/C=C\C/C=C\C/C=C\C/C=C\CCCCCCCCCCCCC(=O)OC(COC(=O)CCCCC/C=C\C/C=C\C/C=C\CC)COP(=O)(O)OCCN. The Morgan fingerprint density at radius 2 is 0.825 bits per heavy atom. The molecule has 10 heteroatoms. The second-order valence-electron chi connectivity index (χ2n) is 15.6. The molecule has 3 N–H and O–H groups in total. The Labute approximate surface area is 384 Å².